The first-order valence-electron chi connectivity index (χ1n) is 11.9. The quantitative estimate of drug-likeness (QED) is 0.422. The normalized spacial score (nSPS) is 14.1. The number of aliphatic carboxylic acids is 1. The number of hydrogen-bond donors (Lipinski definition) is 3. The van der Waals surface area contributed by atoms with E-state index in [9.17, 15) is 19.5 Å². The van der Waals surface area contributed by atoms with Gasteiger partial charge in [0.05, 0.1) is 12.5 Å². The molecule has 3 rings (SSSR count). The SMILES string of the molecule is COC(CNC(=O)OCC1c2ccccc2-c2ccccc21)CC(=O)NC(CCC(C)C)C(=O)O. The van der Waals surface area contributed by atoms with Crippen molar-refractivity contribution >= 4 is 18.0 Å². The van der Waals surface area contributed by atoms with E-state index >= 15 is 0 Å². The molecule has 2 aromatic rings. The lowest BCUT2D eigenvalue weighted by Gasteiger charge is -2.19. The lowest BCUT2D eigenvalue weighted by atomic mass is 9.98. The van der Waals surface area contributed by atoms with Crippen LogP contribution in [0.4, 0.5) is 4.79 Å². The minimum atomic E-state index is -1.07. The summed E-state index contributed by atoms with van der Waals surface area (Å²) in [4.78, 5) is 36.2. The largest absolute Gasteiger partial charge is 0.480 e. The van der Waals surface area contributed by atoms with E-state index in [1.165, 1.54) is 7.11 Å². The van der Waals surface area contributed by atoms with E-state index in [1.54, 1.807) is 0 Å². The monoisotopic (exact) mass is 482 g/mol. The predicted molar refractivity (Wildman–Crippen MR) is 132 cm³/mol. The first-order valence-corrected chi connectivity index (χ1v) is 11.9. The molecule has 0 saturated carbocycles. The maximum atomic E-state index is 12.4. The maximum Gasteiger partial charge on any atom is 0.407 e. The summed E-state index contributed by atoms with van der Waals surface area (Å²) in [6, 6.07) is 15.2. The molecule has 188 valence electrons. The van der Waals surface area contributed by atoms with Gasteiger partial charge in [0.15, 0.2) is 0 Å². The number of carboxylic acid groups (broad SMARTS) is 1. The van der Waals surface area contributed by atoms with Crippen molar-refractivity contribution in [3.63, 3.8) is 0 Å². The van der Waals surface area contributed by atoms with Crippen LogP contribution in [0.5, 0.6) is 0 Å². The summed E-state index contributed by atoms with van der Waals surface area (Å²) in [5.41, 5.74) is 4.54. The highest BCUT2D eigenvalue weighted by Crippen LogP contribution is 2.44. The minimum absolute atomic E-state index is 0.0454. The molecule has 3 N–H and O–H groups in total. The number of nitrogens with one attached hydrogen (secondary N) is 2. The average molecular weight is 483 g/mol. The van der Waals surface area contributed by atoms with Crippen molar-refractivity contribution < 1.29 is 29.0 Å². The Morgan fingerprint density at radius 3 is 2.11 bits per heavy atom. The van der Waals surface area contributed by atoms with Crippen molar-refractivity contribution in [1.29, 1.82) is 0 Å². The number of hydrogen-bond acceptors (Lipinski definition) is 5. The van der Waals surface area contributed by atoms with Crippen molar-refractivity contribution in [3.05, 3.63) is 59.7 Å². The molecule has 2 aromatic carbocycles. The van der Waals surface area contributed by atoms with E-state index in [2.05, 4.69) is 22.8 Å². The van der Waals surface area contributed by atoms with Gasteiger partial charge < -0.3 is 25.2 Å². The molecule has 2 atom stereocenters. The lowest BCUT2D eigenvalue weighted by Crippen LogP contribution is -2.43. The van der Waals surface area contributed by atoms with Crippen molar-refractivity contribution in [1.82, 2.24) is 10.6 Å². The summed E-state index contributed by atoms with van der Waals surface area (Å²) in [5.74, 6) is -1.22. The third-order valence-electron chi connectivity index (χ3n) is 6.23. The molecule has 0 aliphatic heterocycles. The van der Waals surface area contributed by atoms with Crippen LogP contribution >= 0.6 is 0 Å². The van der Waals surface area contributed by atoms with Crippen molar-refractivity contribution in [2.75, 3.05) is 20.3 Å². The Hall–Kier alpha value is -3.39. The molecule has 35 heavy (non-hydrogen) atoms. The smallest absolute Gasteiger partial charge is 0.407 e. The third-order valence-corrected chi connectivity index (χ3v) is 6.23. The standard InChI is InChI=1S/C27H34N2O6/c1-17(2)12-13-24(26(31)32)29-25(30)14-18(34-3)15-28-27(33)35-16-23-21-10-6-4-8-19(21)20-9-5-7-11-22(20)23/h4-11,17-18,23-24H,12-16H2,1-3H3,(H,28,33)(H,29,30)(H,31,32). The number of carboxylic acids is 1. The molecule has 0 bridgehead atoms. The lowest BCUT2D eigenvalue weighted by molar-refractivity contribution is -0.142. The summed E-state index contributed by atoms with van der Waals surface area (Å²) < 4.78 is 10.8. The van der Waals surface area contributed by atoms with E-state index in [4.69, 9.17) is 9.47 Å². The van der Waals surface area contributed by atoms with Gasteiger partial charge in [0.1, 0.15) is 12.6 Å². The Morgan fingerprint density at radius 1 is 0.971 bits per heavy atom. The fraction of sp³-hybridized carbons (Fsp3) is 0.444. The van der Waals surface area contributed by atoms with Crippen LogP contribution in [-0.2, 0) is 19.1 Å². The Kier molecular flexibility index (Phi) is 9.25. The second-order valence-electron chi connectivity index (χ2n) is 9.20. The van der Waals surface area contributed by atoms with E-state index in [0.717, 1.165) is 22.3 Å². The van der Waals surface area contributed by atoms with Crippen LogP contribution in [0, 0.1) is 5.92 Å². The molecule has 0 radical (unpaired) electrons. The Bertz CT molecular complexity index is 992. The number of methoxy groups -OCH3 is 1. The highest BCUT2D eigenvalue weighted by atomic mass is 16.5. The van der Waals surface area contributed by atoms with E-state index in [0.29, 0.717) is 18.8 Å². The molecule has 0 spiro atoms. The Balaban J connectivity index is 1.48. The second-order valence-corrected chi connectivity index (χ2v) is 9.20. The number of fused-ring (bicyclic) bond motifs is 3. The molecule has 2 unspecified atom stereocenters. The highest BCUT2D eigenvalue weighted by Gasteiger charge is 2.29. The fourth-order valence-corrected chi connectivity index (χ4v) is 4.30. The van der Waals surface area contributed by atoms with Gasteiger partial charge in [-0.25, -0.2) is 9.59 Å². The number of amides is 2. The zero-order valence-electron chi connectivity index (χ0n) is 20.5. The molecular weight excluding hydrogens is 448 g/mol. The van der Waals surface area contributed by atoms with Crippen LogP contribution in [0.25, 0.3) is 11.1 Å². The van der Waals surface area contributed by atoms with Crippen molar-refractivity contribution in [3.8, 4) is 11.1 Å². The Morgan fingerprint density at radius 2 is 1.57 bits per heavy atom. The molecule has 0 heterocycles. The predicted octanol–water partition coefficient (Wildman–Crippen LogP) is 3.94. The van der Waals surface area contributed by atoms with Gasteiger partial charge in [-0.1, -0.05) is 62.4 Å². The third kappa shape index (κ3) is 7.05. The number of rotatable bonds is 12. The molecule has 0 saturated heterocycles. The molecule has 8 heteroatoms. The second kappa shape index (κ2) is 12.4. The van der Waals surface area contributed by atoms with Gasteiger partial charge in [-0.2, -0.15) is 0 Å². The summed E-state index contributed by atoms with van der Waals surface area (Å²) in [6.07, 6.45) is -0.251. The minimum Gasteiger partial charge on any atom is -0.480 e. The zero-order valence-corrected chi connectivity index (χ0v) is 20.5. The van der Waals surface area contributed by atoms with Gasteiger partial charge in [-0.3, -0.25) is 4.79 Å². The fourth-order valence-electron chi connectivity index (χ4n) is 4.30. The molecule has 2 amide bonds. The summed E-state index contributed by atoms with van der Waals surface area (Å²) >= 11 is 0. The van der Waals surface area contributed by atoms with Crippen LogP contribution < -0.4 is 10.6 Å². The topological polar surface area (TPSA) is 114 Å². The number of carbonyl (C=O) groups excluding carboxylic acids is 2. The molecule has 8 nitrogen and oxygen atoms in total. The van der Waals surface area contributed by atoms with E-state index in [-0.39, 0.29) is 25.5 Å². The van der Waals surface area contributed by atoms with Crippen LogP contribution in [0.1, 0.15) is 50.2 Å². The highest BCUT2D eigenvalue weighted by molar-refractivity contribution is 5.84. The van der Waals surface area contributed by atoms with E-state index < -0.39 is 30.1 Å². The van der Waals surface area contributed by atoms with Crippen LogP contribution in [0.3, 0.4) is 0 Å². The maximum absolute atomic E-state index is 12.4. The van der Waals surface area contributed by atoms with Crippen molar-refractivity contribution in [2.24, 2.45) is 5.92 Å². The molecule has 1 aliphatic carbocycles. The first kappa shape index (κ1) is 26.2. The average Bonchev–Trinajstić information content (AvgIpc) is 3.16. The number of ether oxygens (including phenoxy) is 2. The summed E-state index contributed by atoms with van der Waals surface area (Å²) in [6.45, 7) is 4.24. The number of benzene rings is 2. The summed E-state index contributed by atoms with van der Waals surface area (Å²) in [5, 5.41) is 14.5. The van der Waals surface area contributed by atoms with Gasteiger partial charge in [0, 0.05) is 19.6 Å². The number of carbonyl (C=O) groups is 3. The van der Waals surface area contributed by atoms with E-state index in [1.807, 2.05) is 50.2 Å². The van der Waals surface area contributed by atoms with Crippen LogP contribution in [-0.4, -0.2) is 55.5 Å². The van der Waals surface area contributed by atoms with Crippen LogP contribution in [0.2, 0.25) is 0 Å². The van der Waals surface area contributed by atoms with Gasteiger partial charge in [-0.15, -0.1) is 0 Å². The van der Waals surface area contributed by atoms with Gasteiger partial charge >= 0.3 is 12.1 Å². The number of alkyl carbamates (subject to hydrolysis) is 1. The van der Waals surface area contributed by atoms with Crippen molar-refractivity contribution in [2.45, 2.75) is 51.2 Å². The molecule has 0 aromatic heterocycles. The molecular formula is C27H34N2O6. The zero-order chi connectivity index (χ0) is 25.4. The Labute approximate surface area is 206 Å². The first-order chi connectivity index (χ1) is 16.8. The summed E-state index contributed by atoms with van der Waals surface area (Å²) in [7, 11) is 1.44. The van der Waals surface area contributed by atoms with Crippen LogP contribution in [0.15, 0.2) is 48.5 Å². The molecule has 0 fully saturated rings. The van der Waals surface area contributed by atoms with Gasteiger partial charge in [0.25, 0.3) is 0 Å². The van der Waals surface area contributed by atoms with Gasteiger partial charge in [0.2, 0.25) is 5.91 Å². The van der Waals surface area contributed by atoms with Gasteiger partial charge in [-0.05, 0) is 41.0 Å². The molecule has 1 aliphatic rings.